The molecule has 2 aromatic rings. The molecule has 1 unspecified atom stereocenters. The Labute approximate surface area is 104 Å². The Morgan fingerprint density at radius 2 is 2.29 bits per heavy atom. The van der Waals surface area contributed by atoms with Gasteiger partial charge in [-0.2, -0.15) is 10.2 Å². The molecule has 0 bridgehead atoms. The van der Waals surface area contributed by atoms with Crippen LogP contribution < -0.4 is 0 Å². The number of hydrogen-bond acceptors (Lipinski definition) is 3. The lowest BCUT2D eigenvalue weighted by Gasteiger charge is -2.12. The van der Waals surface area contributed by atoms with Crippen molar-refractivity contribution in [2.75, 3.05) is 0 Å². The molecule has 5 nitrogen and oxygen atoms in total. The molecule has 2 aromatic heterocycles. The van der Waals surface area contributed by atoms with Crippen LogP contribution in [0.2, 0.25) is 0 Å². The summed E-state index contributed by atoms with van der Waals surface area (Å²) in [4.78, 5) is 0. The van der Waals surface area contributed by atoms with E-state index in [9.17, 15) is 0 Å². The largest absolute Gasteiger partial charge is 0.299 e. The molecule has 1 atom stereocenters. The molecule has 0 radical (unpaired) electrons. The molecule has 90 valence electrons. The first kappa shape index (κ1) is 10.7. The molecular weight excluding hydrogens is 234 g/mol. The molecule has 1 saturated carbocycles. The van der Waals surface area contributed by atoms with E-state index >= 15 is 0 Å². The number of H-pyrrole nitrogens is 1. The Kier molecular flexibility index (Phi) is 2.39. The zero-order valence-corrected chi connectivity index (χ0v) is 10.7. The molecular formula is C11H15N5S. The average molecular weight is 249 g/mol. The number of nitrogens with one attached hydrogen (secondary N) is 1. The normalized spacial score (nSPS) is 17.3. The SMILES string of the molecule is Cc1cnn(C(C)c2n[nH]c(=S)n2C2CC2)c1. The van der Waals surface area contributed by atoms with E-state index in [1.165, 1.54) is 12.8 Å². The monoisotopic (exact) mass is 249 g/mol. The fourth-order valence-electron chi connectivity index (χ4n) is 2.06. The Morgan fingerprint density at radius 1 is 1.53 bits per heavy atom. The van der Waals surface area contributed by atoms with Gasteiger partial charge in [-0.3, -0.25) is 14.3 Å². The van der Waals surface area contributed by atoms with Crippen LogP contribution in [0, 0.1) is 11.7 Å². The van der Waals surface area contributed by atoms with Gasteiger partial charge in [-0.05, 0) is 44.5 Å². The van der Waals surface area contributed by atoms with E-state index in [1.807, 2.05) is 24.0 Å². The first-order valence-electron chi connectivity index (χ1n) is 5.84. The third kappa shape index (κ3) is 1.82. The second kappa shape index (κ2) is 3.80. The highest BCUT2D eigenvalue weighted by Crippen LogP contribution is 2.37. The van der Waals surface area contributed by atoms with Gasteiger partial charge in [-0.25, -0.2) is 0 Å². The summed E-state index contributed by atoms with van der Waals surface area (Å²) in [6.45, 7) is 4.13. The van der Waals surface area contributed by atoms with Crippen LogP contribution in [0.25, 0.3) is 0 Å². The smallest absolute Gasteiger partial charge is 0.195 e. The minimum atomic E-state index is 0.109. The predicted octanol–water partition coefficient (Wildman–Crippen LogP) is 2.39. The number of aryl methyl sites for hydroxylation is 1. The van der Waals surface area contributed by atoms with Crippen LogP contribution in [0.1, 0.15) is 43.2 Å². The van der Waals surface area contributed by atoms with Gasteiger partial charge in [0, 0.05) is 12.2 Å². The number of aromatic nitrogens is 5. The molecule has 6 heteroatoms. The Bertz CT molecular complexity index is 589. The highest BCUT2D eigenvalue weighted by molar-refractivity contribution is 7.71. The number of nitrogens with zero attached hydrogens (tertiary/aromatic N) is 4. The van der Waals surface area contributed by atoms with Crippen molar-refractivity contribution in [3.05, 3.63) is 28.6 Å². The summed E-state index contributed by atoms with van der Waals surface area (Å²) in [6.07, 6.45) is 6.29. The van der Waals surface area contributed by atoms with Crippen molar-refractivity contribution in [3.8, 4) is 0 Å². The molecule has 0 aliphatic heterocycles. The van der Waals surface area contributed by atoms with Crippen LogP contribution in [-0.4, -0.2) is 24.5 Å². The van der Waals surface area contributed by atoms with Crippen molar-refractivity contribution in [2.45, 2.75) is 38.8 Å². The topological polar surface area (TPSA) is 51.4 Å². The van der Waals surface area contributed by atoms with E-state index in [2.05, 4.69) is 26.8 Å². The summed E-state index contributed by atoms with van der Waals surface area (Å²) in [7, 11) is 0. The standard InChI is InChI=1S/C11H15N5S/c1-7-5-12-15(6-7)8(2)10-13-14-11(17)16(10)9-3-4-9/h5-6,8-9H,3-4H2,1-2H3,(H,14,17). The van der Waals surface area contributed by atoms with Crippen LogP contribution in [0.4, 0.5) is 0 Å². The lowest BCUT2D eigenvalue weighted by molar-refractivity contribution is 0.503. The van der Waals surface area contributed by atoms with Crippen LogP contribution in [-0.2, 0) is 0 Å². The third-order valence-corrected chi connectivity index (χ3v) is 3.43. The van der Waals surface area contributed by atoms with Crippen molar-refractivity contribution >= 4 is 12.2 Å². The molecule has 1 aliphatic carbocycles. The van der Waals surface area contributed by atoms with Gasteiger partial charge >= 0.3 is 0 Å². The highest BCUT2D eigenvalue weighted by Gasteiger charge is 2.29. The number of hydrogen-bond donors (Lipinski definition) is 1. The molecule has 0 amide bonds. The van der Waals surface area contributed by atoms with Gasteiger partial charge in [0.15, 0.2) is 10.6 Å². The van der Waals surface area contributed by atoms with E-state index in [0.29, 0.717) is 6.04 Å². The third-order valence-electron chi connectivity index (χ3n) is 3.14. The molecule has 1 fully saturated rings. The van der Waals surface area contributed by atoms with Gasteiger partial charge in [0.05, 0.1) is 6.20 Å². The lowest BCUT2D eigenvalue weighted by Crippen LogP contribution is -2.13. The van der Waals surface area contributed by atoms with Crippen molar-refractivity contribution in [3.63, 3.8) is 0 Å². The minimum absolute atomic E-state index is 0.109. The second-order valence-electron chi connectivity index (χ2n) is 4.66. The quantitative estimate of drug-likeness (QED) is 0.850. The number of rotatable bonds is 3. The Morgan fingerprint density at radius 3 is 2.88 bits per heavy atom. The first-order valence-corrected chi connectivity index (χ1v) is 6.25. The van der Waals surface area contributed by atoms with Crippen LogP contribution in [0.15, 0.2) is 12.4 Å². The van der Waals surface area contributed by atoms with E-state index in [1.54, 1.807) is 0 Å². The fourth-order valence-corrected chi connectivity index (χ4v) is 2.35. The van der Waals surface area contributed by atoms with Gasteiger partial charge in [-0.1, -0.05) is 0 Å². The molecule has 0 saturated heterocycles. The average Bonchev–Trinajstić information content (AvgIpc) is 2.93. The maximum atomic E-state index is 5.28. The van der Waals surface area contributed by atoms with Gasteiger partial charge < -0.3 is 0 Å². The van der Waals surface area contributed by atoms with E-state index < -0.39 is 0 Å². The van der Waals surface area contributed by atoms with E-state index in [4.69, 9.17) is 12.2 Å². The summed E-state index contributed by atoms with van der Waals surface area (Å²) in [5.74, 6) is 0.973. The van der Waals surface area contributed by atoms with E-state index in [0.717, 1.165) is 16.2 Å². The Balaban J connectivity index is 2.01. The van der Waals surface area contributed by atoms with Crippen LogP contribution in [0.5, 0.6) is 0 Å². The van der Waals surface area contributed by atoms with Crippen molar-refractivity contribution in [1.82, 2.24) is 24.5 Å². The molecule has 1 N–H and O–H groups in total. The maximum absolute atomic E-state index is 5.28. The van der Waals surface area contributed by atoms with Crippen LogP contribution in [0.3, 0.4) is 0 Å². The van der Waals surface area contributed by atoms with Gasteiger partial charge in [0.1, 0.15) is 6.04 Å². The van der Waals surface area contributed by atoms with Gasteiger partial charge in [0.2, 0.25) is 0 Å². The zero-order chi connectivity index (χ0) is 12.0. The van der Waals surface area contributed by atoms with Crippen LogP contribution >= 0.6 is 12.2 Å². The molecule has 0 aromatic carbocycles. The predicted molar refractivity (Wildman–Crippen MR) is 66.5 cm³/mol. The molecule has 3 rings (SSSR count). The summed E-state index contributed by atoms with van der Waals surface area (Å²) >= 11 is 5.28. The summed E-state index contributed by atoms with van der Waals surface area (Å²) < 4.78 is 4.79. The maximum Gasteiger partial charge on any atom is 0.195 e. The highest BCUT2D eigenvalue weighted by atomic mass is 32.1. The van der Waals surface area contributed by atoms with Crippen molar-refractivity contribution in [2.24, 2.45) is 0 Å². The Hall–Kier alpha value is -1.43. The minimum Gasteiger partial charge on any atom is -0.299 e. The molecule has 17 heavy (non-hydrogen) atoms. The van der Waals surface area contributed by atoms with Crippen molar-refractivity contribution in [1.29, 1.82) is 0 Å². The summed E-state index contributed by atoms with van der Waals surface area (Å²) in [5, 5.41) is 11.6. The van der Waals surface area contributed by atoms with Gasteiger partial charge in [-0.15, -0.1) is 0 Å². The number of aromatic amines is 1. The zero-order valence-electron chi connectivity index (χ0n) is 9.92. The fraction of sp³-hybridized carbons (Fsp3) is 0.545. The van der Waals surface area contributed by atoms with Crippen molar-refractivity contribution < 1.29 is 0 Å². The summed E-state index contributed by atoms with van der Waals surface area (Å²) in [5.41, 5.74) is 1.16. The second-order valence-corrected chi connectivity index (χ2v) is 5.05. The first-order chi connectivity index (χ1) is 8.16. The molecule has 2 heterocycles. The van der Waals surface area contributed by atoms with Gasteiger partial charge in [0.25, 0.3) is 0 Å². The molecule has 1 aliphatic rings. The molecule has 0 spiro atoms. The lowest BCUT2D eigenvalue weighted by atomic mass is 10.3. The summed E-state index contributed by atoms with van der Waals surface area (Å²) in [6, 6.07) is 0.646. The van der Waals surface area contributed by atoms with E-state index in [-0.39, 0.29) is 6.04 Å².